The van der Waals surface area contributed by atoms with E-state index in [4.69, 9.17) is 28.4 Å². The van der Waals surface area contributed by atoms with Crippen LogP contribution in [0.15, 0.2) is 121 Å². The molecule has 4 rings (SSSR count). The van der Waals surface area contributed by atoms with Gasteiger partial charge in [-0.3, -0.25) is 4.79 Å². The normalized spacial score (nSPS) is 12.6. The molecule has 0 saturated carbocycles. The summed E-state index contributed by atoms with van der Waals surface area (Å²) >= 11 is 13.1. The molecule has 34 heavy (non-hydrogen) atoms. The first kappa shape index (κ1) is 24.8. The number of hydrogen-bond donors (Lipinski definition) is 0. The molecule has 0 aliphatic rings. The van der Waals surface area contributed by atoms with Crippen LogP contribution in [-0.4, -0.2) is 24.9 Å². The standard InChI is InChI=1S/C28H26O2P2S2/c1-30-28(29)27(32(34,25-18-10-4-11-19-25)26-20-12-5-13-21-26)22-31(33,23-14-6-2-7-15-23)24-16-8-3-9-17-24/h2-21,27H,22H2,1H3. The third kappa shape index (κ3) is 4.88. The van der Waals surface area contributed by atoms with Crippen LogP contribution in [0.5, 0.6) is 0 Å². The lowest BCUT2D eigenvalue weighted by Crippen LogP contribution is -2.37. The van der Waals surface area contributed by atoms with E-state index in [9.17, 15) is 4.79 Å². The smallest absolute Gasteiger partial charge is 0.314 e. The molecule has 1 atom stereocenters. The summed E-state index contributed by atoms with van der Waals surface area (Å²) in [5, 5.41) is 4.14. The van der Waals surface area contributed by atoms with Crippen molar-refractivity contribution in [1.29, 1.82) is 0 Å². The van der Waals surface area contributed by atoms with E-state index in [0.29, 0.717) is 6.16 Å². The molecule has 0 spiro atoms. The molecule has 0 radical (unpaired) electrons. The summed E-state index contributed by atoms with van der Waals surface area (Å²) in [5.74, 6) is -0.294. The minimum Gasteiger partial charge on any atom is -0.468 e. The molecule has 0 aliphatic heterocycles. The lowest BCUT2D eigenvalue weighted by atomic mass is 10.4. The van der Waals surface area contributed by atoms with E-state index in [0.717, 1.165) is 21.2 Å². The SMILES string of the molecule is COC(=O)C(CP(=S)(c1ccccc1)c1ccccc1)P(=S)(c1ccccc1)c1ccccc1. The van der Waals surface area contributed by atoms with Crippen LogP contribution in [0.4, 0.5) is 0 Å². The topological polar surface area (TPSA) is 26.3 Å². The van der Waals surface area contributed by atoms with Crippen LogP contribution in [0.3, 0.4) is 0 Å². The van der Waals surface area contributed by atoms with Crippen molar-refractivity contribution in [3.05, 3.63) is 121 Å². The molecule has 0 aromatic heterocycles. The molecule has 1 unspecified atom stereocenters. The number of rotatable bonds is 8. The van der Waals surface area contributed by atoms with E-state index < -0.39 is 17.7 Å². The van der Waals surface area contributed by atoms with Gasteiger partial charge in [-0.2, -0.15) is 0 Å². The van der Waals surface area contributed by atoms with Gasteiger partial charge in [0.15, 0.2) is 0 Å². The summed E-state index contributed by atoms with van der Waals surface area (Å²) in [6, 6.07) is 35.4. The van der Waals surface area contributed by atoms with Crippen LogP contribution in [0, 0.1) is 0 Å². The van der Waals surface area contributed by atoms with Gasteiger partial charge in [-0.25, -0.2) is 0 Å². The van der Waals surface area contributed by atoms with Gasteiger partial charge in [-0.05, 0) is 21.2 Å². The van der Waals surface area contributed by atoms with Crippen molar-refractivity contribution in [3.63, 3.8) is 0 Å². The Kier molecular flexibility index (Phi) is 7.96. The highest BCUT2D eigenvalue weighted by Crippen LogP contribution is 2.56. The Hall–Kier alpha value is -2.35. The van der Waals surface area contributed by atoms with Gasteiger partial charge in [-0.15, -0.1) is 0 Å². The van der Waals surface area contributed by atoms with Crippen LogP contribution >= 0.6 is 12.1 Å². The highest BCUT2D eigenvalue weighted by molar-refractivity contribution is 8.24. The van der Waals surface area contributed by atoms with Gasteiger partial charge < -0.3 is 4.74 Å². The molecule has 0 saturated heterocycles. The van der Waals surface area contributed by atoms with Gasteiger partial charge in [0.2, 0.25) is 0 Å². The molecular formula is C28H26O2P2S2. The zero-order valence-electron chi connectivity index (χ0n) is 18.9. The summed E-state index contributed by atoms with van der Waals surface area (Å²) in [4.78, 5) is 13.6. The van der Waals surface area contributed by atoms with Crippen molar-refractivity contribution in [2.24, 2.45) is 0 Å². The number of methoxy groups -OCH3 is 1. The number of carbonyl (C=O) groups is 1. The number of hydrogen-bond acceptors (Lipinski definition) is 4. The van der Waals surface area contributed by atoms with Crippen molar-refractivity contribution in [2.45, 2.75) is 5.66 Å². The Morgan fingerprint density at radius 1 is 0.647 bits per heavy atom. The Labute approximate surface area is 212 Å². The van der Waals surface area contributed by atoms with Crippen LogP contribution in [-0.2, 0) is 33.1 Å². The molecule has 4 aromatic carbocycles. The zero-order valence-corrected chi connectivity index (χ0v) is 22.3. The molecule has 4 aromatic rings. The number of ether oxygens (including phenoxy) is 1. The monoisotopic (exact) mass is 520 g/mol. The average Bonchev–Trinajstić information content (AvgIpc) is 2.92. The zero-order chi connectivity index (χ0) is 24.0. The number of benzene rings is 4. The Balaban J connectivity index is 1.95. The number of esters is 1. The molecule has 2 nitrogen and oxygen atoms in total. The molecule has 0 aliphatic carbocycles. The maximum absolute atomic E-state index is 13.6. The molecule has 0 heterocycles. The minimum atomic E-state index is -2.62. The molecule has 6 heteroatoms. The van der Waals surface area contributed by atoms with Crippen molar-refractivity contribution in [3.8, 4) is 0 Å². The van der Waals surface area contributed by atoms with Gasteiger partial charge in [0, 0.05) is 18.2 Å². The van der Waals surface area contributed by atoms with Gasteiger partial charge in [0.1, 0.15) is 0 Å². The van der Waals surface area contributed by atoms with E-state index in [2.05, 4.69) is 24.3 Å². The number of carbonyl (C=O) groups excluding carboxylic acids is 1. The van der Waals surface area contributed by atoms with Gasteiger partial charge in [0.05, 0.1) is 12.8 Å². The lowest BCUT2D eigenvalue weighted by molar-refractivity contribution is -0.139. The van der Waals surface area contributed by atoms with Gasteiger partial charge >= 0.3 is 5.97 Å². The van der Waals surface area contributed by atoms with Gasteiger partial charge in [0.25, 0.3) is 0 Å². The molecular weight excluding hydrogens is 494 g/mol. The molecule has 172 valence electrons. The highest BCUT2D eigenvalue weighted by Gasteiger charge is 2.42. The Bertz CT molecular complexity index is 1240. The highest BCUT2D eigenvalue weighted by atomic mass is 32.4. The van der Waals surface area contributed by atoms with Gasteiger partial charge in [-0.1, -0.05) is 145 Å². The van der Waals surface area contributed by atoms with Crippen molar-refractivity contribution in [2.75, 3.05) is 13.3 Å². The maximum Gasteiger partial charge on any atom is 0.314 e. The Morgan fingerprint density at radius 2 is 0.971 bits per heavy atom. The Morgan fingerprint density at radius 3 is 1.29 bits per heavy atom. The maximum atomic E-state index is 13.6. The van der Waals surface area contributed by atoms with Crippen LogP contribution in [0.25, 0.3) is 0 Å². The largest absolute Gasteiger partial charge is 0.468 e. The molecule has 0 amide bonds. The molecule has 0 N–H and O–H groups in total. The summed E-state index contributed by atoms with van der Waals surface area (Å²) in [5.41, 5.74) is -0.552. The summed E-state index contributed by atoms with van der Waals surface area (Å²) in [7, 11) is 1.44. The third-order valence-corrected chi connectivity index (χ3v) is 16.5. The van der Waals surface area contributed by atoms with E-state index in [1.165, 1.54) is 7.11 Å². The summed E-state index contributed by atoms with van der Waals surface area (Å²) < 4.78 is 5.41. The molecule has 0 fully saturated rings. The second-order valence-electron chi connectivity index (χ2n) is 7.96. The van der Waals surface area contributed by atoms with Crippen LogP contribution in [0.1, 0.15) is 0 Å². The first-order valence-corrected chi connectivity index (χ1v) is 16.8. The van der Waals surface area contributed by atoms with E-state index >= 15 is 0 Å². The van der Waals surface area contributed by atoms with Crippen LogP contribution in [0.2, 0.25) is 0 Å². The van der Waals surface area contributed by atoms with Crippen molar-refractivity contribution in [1.82, 2.24) is 0 Å². The fourth-order valence-corrected chi connectivity index (χ4v) is 14.3. The second-order valence-corrected chi connectivity index (χ2v) is 17.4. The van der Waals surface area contributed by atoms with E-state index in [1.54, 1.807) is 0 Å². The lowest BCUT2D eigenvalue weighted by Gasteiger charge is -2.35. The van der Waals surface area contributed by atoms with E-state index in [1.807, 2.05) is 97.1 Å². The fourth-order valence-electron chi connectivity index (χ4n) is 4.22. The summed E-state index contributed by atoms with van der Waals surface area (Å²) in [6.45, 7) is 0. The van der Waals surface area contributed by atoms with Crippen LogP contribution < -0.4 is 21.2 Å². The van der Waals surface area contributed by atoms with Crippen molar-refractivity contribution >= 4 is 62.9 Å². The average molecular weight is 521 g/mol. The fraction of sp³-hybridized carbons (Fsp3) is 0.107. The second kappa shape index (κ2) is 10.9. The molecule has 0 bridgehead atoms. The first-order chi connectivity index (χ1) is 16.5. The third-order valence-electron chi connectivity index (χ3n) is 5.97. The van der Waals surface area contributed by atoms with Crippen molar-refractivity contribution < 1.29 is 9.53 Å². The predicted octanol–water partition coefficient (Wildman–Crippen LogP) is 4.79. The quantitative estimate of drug-likeness (QED) is 0.247. The minimum absolute atomic E-state index is 0.294. The van der Waals surface area contributed by atoms with E-state index in [-0.39, 0.29) is 5.97 Å². The first-order valence-electron chi connectivity index (χ1n) is 11.0. The summed E-state index contributed by atoms with van der Waals surface area (Å²) in [6.07, 6.45) is 0.462. The predicted molar refractivity (Wildman–Crippen MR) is 154 cm³/mol.